The summed E-state index contributed by atoms with van der Waals surface area (Å²) < 4.78 is 0. The van der Waals surface area contributed by atoms with Gasteiger partial charge in [-0.25, -0.2) is 9.97 Å². The molecule has 26 heavy (non-hydrogen) atoms. The summed E-state index contributed by atoms with van der Waals surface area (Å²) in [6.07, 6.45) is 5.75. The van der Waals surface area contributed by atoms with Crippen LogP contribution in [0.25, 0.3) is 11.4 Å². The molecule has 0 spiro atoms. The van der Waals surface area contributed by atoms with E-state index in [1.54, 1.807) is 6.07 Å². The number of benzene rings is 1. The Hall–Kier alpha value is -2.43. The Morgan fingerprint density at radius 1 is 1.15 bits per heavy atom. The molecule has 0 aliphatic heterocycles. The number of amides is 1. The van der Waals surface area contributed by atoms with Gasteiger partial charge < -0.3 is 10.6 Å². The maximum atomic E-state index is 12.6. The first-order valence-corrected chi connectivity index (χ1v) is 9.61. The smallest absolute Gasteiger partial charge is 0.270 e. The second kappa shape index (κ2) is 8.79. The molecule has 1 amide bonds. The van der Waals surface area contributed by atoms with Gasteiger partial charge in [0.15, 0.2) is 5.82 Å². The van der Waals surface area contributed by atoms with Crippen LogP contribution in [-0.2, 0) is 0 Å². The Kier molecular flexibility index (Phi) is 6.21. The molecule has 5 nitrogen and oxygen atoms in total. The summed E-state index contributed by atoms with van der Waals surface area (Å²) in [7, 11) is 0. The van der Waals surface area contributed by atoms with Crippen LogP contribution in [-0.4, -0.2) is 28.5 Å². The first-order valence-electron chi connectivity index (χ1n) is 9.61. The third kappa shape index (κ3) is 5.04. The Bertz CT molecular complexity index is 724. The highest BCUT2D eigenvalue weighted by Crippen LogP contribution is 2.23. The predicted octanol–water partition coefficient (Wildman–Crippen LogP) is 4.27. The van der Waals surface area contributed by atoms with Crippen molar-refractivity contribution in [2.75, 3.05) is 11.9 Å². The van der Waals surface area contributed by atoms with E-state index in [4.69, 9.17) is 0 Å². The summed E-state index contributed by atoms with van der Waals surface area (Å²) in [5, 5.41) is 6.46. The van der Waals surface area contributed by atoms with Crippen LogP contribution in [0.5, 0.6) is 0 Å². The van der Waals surface area contributed by atoms with E-state index in [9.17, 15) is 4.79 Å². The number of carbonyl (C=O) groups excluding carboxylic acids is 1. The van der Waals surface area contributed by atoms with Crippen molar-refractivity contribution in [2.24, 2.45) is 5.92 Å². The fourth-order valence-electron chi connectivity index (χ4n) is 3.20. The molecule has 1 aromatic heterocycles. The molecule has 0 atom stereocenters. The topological polar surface area (TPSA) is 66.9 Å². The number of nitrogens with one attached hydrogen (secondary N) is 2. The number of anilines is 1. The van der Waals surface area contributed by atoms with E-state index in [1.165, 1.54) is 12.8 Å². The van der Waals surface area contributed by atoms with Crippen LogP contribution >= 0.6 is 0 Å². The highest BCUT2D eigenvalue weighted by molar-refractivity contribution is 5.93. The zero-order chi connectivity index (χ0) is 18.4. The molecule has 0 saturated heterocycles. The largest absolute Gasteiger partial charge is 0.367 e. The molecule has 2 N–H and O–H groups in total. The molecule has 138 valence electrons. The lowest BCUT2D eigenvalue weighted by Gasteiger charge is -2.15. The first-order chi connectivity index (χ1) is 12.6. The van der Waals surface area contributed by atoms with E-state index < -0.39 is 0 Å². The Morgan fingerprint density at radius 3 is 2.58 bits per heavy atom. The number of hydrogen-bond acceptors (Lipinski definition) is 4. The highest BCUT2D eigenvalue weighted by atomic mass is 16.1. The summed E-state index contributed by atoms with van der Waals surface area (Å²) >= 11 is 0. The summed E-state index contributed by atoms with van der Waals surface area (Å²) in [4.78, 5) is 21.7. The fourth-order valence-corrected chi connectivity index (χ4v) is 3.20. The monoisotopic (exact) mass is 352 g/mol. The van der Waals surface area contributed by atoms with E-state index in [1.807, 2.05) is 30.3 Å². The molecular weight excluding hydrogens is 324 g/mol. The Morgan fingerprint density at radius 2 is 1.88 bits per heavy atom. The van der Waals surface area contributed by atoms with Crippen molar-refractivity contribution in [3.8, 4) is 11.4 Å². The summed E-state index contributed by atoms with van der Waals surface area (Å²) in [5.74, 6) is 1.74. The third-order valence-electron chi connectivity index (χ3n) is 4.71. The van der Waals surface area contributed by atoms with Crippen LogP contribution in [0.4, 0.5) is 5.82 Å². The van der Waals surface area contributed by atoms with Crippen molar-refractivity contribution in [3.05, 3.63) is 42.1 Å². The molecule has 1 aromatic carbocycles. The first kappa shape index (κ1) is 18.4. The average molecular weight is 352 g/mol. The lowest BCUT2D eigenvalue weighted by Crippen LogP contribution is -2.27. The van der Waals surface area contributed by atoms with Crippen molar-refractivity contribution in [2.45, 2.75) is 52.0 Å². The minimum Gasteiger partial charge on any atom is -0.367 e. The van der Waals surface area contributed by atoms with E-state index in [2.05, 4.69) is 34.4 Å². The van der Waals surface area contributed by atoms with Crippen molar-refractivity contribution < 1.29 is 4.79 Å². The van der Waals surface area contributed by atoms with Gasteiger partial charge >= 0.3 is 0 Å². The van der Waals surface area contributed by atoms with E-state index in [-0.39, 0.29) is 5.91 Å². The number of hydrogen-bond donors (Lipinski definition) is 2. The van der Waals surface area contributed by atoms with Gasteiger partial charge in [-0.2, -0.15) is 0 Å². The van der Waals surface area contributed by atoms with Gasteiger partial charge in [-0.05, 0) is 25.2 Å². The van der Waals surface area contributed by atoms with Crippen molar-refractivity contribution in [1.82, 2.24) is 15.3 Å². The van der Waals surface area contributed by atoms with Crippen molar-refractivity contribution >= 4 is 11.7 Å². The average Bonchev–Trinajstić information content (AvgIpc) is 3.15. The molecule has 0 bridgehead atoms. The molecule has 5 heteroatoms. The zero-order valence-electron chi connectivity index (χ0n) is 15.7. The maximum Gasteiger partial charge on any atom is 0.270 e. The van der Waals surface area contributed by atoms with Gasteiger partial charge in [-0.3, -0.25) is 4.79 Å². The van der Waals surface area contributed by atoms with E-state index >= 15 is 0 Å². The van der Waals surface area contributed by atoms with Crippen LogP contribution in [0.15, 0.2) is 36.4 Å². The van der Waals surface area contributed by atoms with Gasteiger partial charge in [0.05, 0.1) is 0 Å². The molecule has 1 saturated carbocycles. The molecule has 0 unspecified atom stereocenters. The van der Waals surface area contributed by atoms with Gasteiger partial charge in [-0.1, -0.05) is 57.0 Å². The Balaban J connectivity index is 1.83. The van der Waals surface area contributed by atoms with Gasteiger partial charge in [0.25, 0.3) is 5.91 Å². The van der Waals surface area contributed by atoms with E-state index in [0.717, 1.165) is 30.6 Å². The lowest BCUT2D eigenvalue weighted by molar-refractivity contribution is 0.0947. The number of rotatable bonds is 7. The molecular formula is C21H28N4O. The quantitative estimate of drug-likeness (QED) is 0.781. The maximum absolute atomic E-state index is 12.6. The SMILES string of the molecule is CC(C)CCNC(=O)c1cc(NC2CCCC2)nc(-c2ccccc2)n1. The second-order valence-corrected chi connectivity index (χ2v) is 7.39. The number of carbonyl (C=O) groups is 1. The predicted molar refractivity (Wildman–Crippen MR) is 105 cm³/mol. The second-order valence-electron chi connectivity index (χ2n) is 7.39. The minimum atomic E-state index is -0.139. The molecule has 1 heterocycles. The highest BCUT2D eigenvalue weighted by Gasteiger charge is 2.18. The fraction of sp³-hybridized carbons (Fsp3) is 0.476. The molecule has 1 aliphatic rings. The molecule has 1 fully saturated rings. The van der Waals surface area contributed by atoms with Gasteiger partial charge in [0.1, 0.15) is 11.5 Å². The van der Waals surface area contributed by atoms with Crippen LogP contribution in [0.1, 0.15) is 56.4 Å². The molecule has 3 rings (SSSR count). The summed E-state index contributed by atoms with van der Waals surface area (Å²) in [6, 6.07) is 12.0. The summed E-state index contributed by atoms with van der Waals surface area (Å²) in [6.45, 7) is 4.95. The molecule has 1 aliphatic carbocycles. The van der Waals surface area contributed by atoms with Crippen LogP contribution < -0.4 is 10.6 Å². The van der Waals surface area contributed by atoms with Gasteiger partial charge in [0.2, 0.25) is 0 Å². The number of nitrogens with zero attached hydrogens (tertiary/aromatic N) is 2. The standard InChI is InChI=1S/C21H28N4O/c1-15(2)12-13-22-21(26)18-14-19(23-17-10-6-7-11-17)25-20(24-18)16-8-4-3-5-9-16/h3-5,8-9,14-15,17H,6-7,10-13H2,1-2H3,(H,22,26)(H,23,24,25). The van der Waals surface area contributed by atoms with Crippen LogP contribution in [0.3, 0.4) is 0 Å². The van der Waals surface area contributed by atoms with Gasteiger partial charge in [-0.15, -0.1) is 0 Å². The van der Waals surface area contributed by atoms with E-state index in [0.29, 0.717) is 30.0 Å². The zero-order valence-corrected chi connectivity index (χ0v) is 15.7. The molecule has 2 aromatic rings. The van der Waals surface area contributed by atoms with Crippen LogP contribution in [0.2, 0.25) is 0 Å². The lowest BCUT2D eigenvalue weighted by atomic mass is 10.1. The van der Waals surface area contributed by atoms with Crippen molar-refractivity contribution in [3.63, 3.8) is 0 Å². The third-order valence-corrected chi connectivity index (χ3v) is 4.71. The molecule has 0 radical (unpaired) electrons. The van der Waals surface area contributed by atoms with Crippen LogP contribution in [0, 0.1) is 5.92 Å². The normalized spacial score (nSPS) is 14.6. The van der Waals surface area contributed by atoms with Gasteiger partial charge in [0, 0.05) is 24.2 Å². The number of aromatic nitrogens is 2. The van der Waals surface area contributed by atoms with Crippen molar-refractivity contribution in [1.29, 1.82) is 0 Å². The summed E-state index contributed by atoms with van der Waals surface area (Å²) in [5.41, 5.74) is 1.34. The minimum absolute atomic E-state index is 0.139. The Labute approximate surface area is 155 Å².